The molecule has 0 bridgehead atoms. The minimum Gasteiger partial charge on any atom is -0.394 e. The van der Waals surface area contributed by atoms with Crippen LogP contribution < -0.4 is 0 Å². The Morgan fingerprint density at radius 1 is 0.905 bits per heavy atom. The molecule has 1 heterocycles. The minimum atomic E-state index is -1.33. The van der Waals surface area contributed by atoms with Crippen LogP contribution in [0.2, 0.25) is 0 Å². The second-order valence-electron chi connectivity index (χ2n) is 5.69. The Morgan fingerprint density at radius 2 is 1.52 bits per heavy atom. The summed E-state index contributed by atoms with van der Waals surface area (Å²) in [6.07, 6.45) is 2.27. The normalized spacial score (nSPS) is 33.3. The molecule has 0 radical (unpaired) electrons. The highest BCUT2D eigenvalue weighted by atomic mass is 16.7. The van der Waals surface area contributed by atoms with Gasteiger partial charge < -0.3 is 29.9 Å². The molecule has 1 aliphatic heterocycles. The van der Waals surface area contributed by atoms with E-state index in [9.17, 15) is 15.3 Å². The van der Waals surface area contributed by atoms with Crippen molar-refractivity contribution in [3.8, 4) is 0 Å². The molecule has 0 aromatic heterocycles. The van der Waals surface area contributed by atoms with Crippen LogP contribution in [0, 0.1) is 0 Å². The molecule has 6 nitrogen and oxygen atoms in total. The summed E-state index contributed by atoms with van der Waals surface area (Å²) in [6.45, 7) is 2.14. The Labute approximate surface area is 126 Å². The van der Waals surface area contributed by atoms with Crippen LogP contribution in [0.15, 0.2) is 0 Å². The summed E-state index contributed by atoms with van der Waals surface area (Å²) in [5.74, 6) is 0. The molecule has 1 aliphatic rings. The van der Waals surface area contributed by atoms with Crippen LogP contribution in [0.5, 0.6) is 0 Å². The molecule has 21 heavy (non-hydrogen) atoms. The predicted octanol–water partition coefficient (Wildman–Crippen LogP) is 0.553. The van der Waals surface area contributed by atoms with E-state index in [1.807, 2.05) is 0 Å². The Balaban J connectivity index is 2.16. The third-order valence-corrected chi connectivity index (χ3v) is 3.90. The van der Waals surface area contributed by atoms with Gasteiger partial charge in [0.2, 0.25) is 0 Å². The van der Waals surface area contributed by atoms with E-state index in [0.29, 0.717) is 6.61 Å². The van der Waals surface area contributed by atoms with Crippen molar-refractivity contribution in [1.29, 1.82) is 0 Å². The van der Waals surface area contributed by atoms with Crippen molar-refractivity contribution in [1.82, 2.24) is 0 Å². The molecule has 0 saturated carbocycles. The van der Waals surface area contributed by atoms with Crippen LogP contribution in [0.1, 0.15) is 51.9 Å². The summed E-state index contributed by atoms with van der Waals surface area (Å²) in [4.78, 5) is 0. The summed E-state index contributed by atoms with van der Waals surface area (Å²) >= 11 is 0. The maximum atomic E-state index is 9.88. The monoisotopic (exact) mass is 306 g/mol. The van der Waals surface area contributed by atoms with Crippen molar-refractivity contribution in [3.05, 3.63) is 0 Å². The van der Waals surface area contributed by atoms with Gasteiger partial charge in [-0.3, -0.25) is 0 Å². The standard InChI is InChI=1S/C15H30O6/c1-2-3-4-5-6-7-8-9-20-14-13(18)12(17)11(10-16)21-15(14)19/h11-19H,2-10H2,1H3/t11-,12-,13+,14-,15?/m1/s1. The van der Waals surface area contributed by atoms with Crippen LogP contribution >= 0.6 is 0 Å². The van der Waals surface area contributed by atoms with Crippen molar-refractivity contribution in [2.75, 3.05) is 13.2 Å². The van der Waals surface area contributed by atoms with Gasteiger partial charge in [0.15, 0.2) is 6.29 Å². The van der Waals surface area contributed by atoms with Crippen molar-refractivity contribution >= 4 is 0 Å². The Kier molecular flexibility index (Phi) is 9.39. The highest BCUT2D eigenvalue weighted by Crippen LogP contribution is 2.22. The summed E-state index contributed by atoms with van der Waals surface area (Å²) in [5, 5.41) is 38.3. The largest absolute Gasteiger partial charge is 0.394 e. The van der Waals surface area contributed by atoms with Crippen molar-refractivity contribution in [2.24, 2.45) is 0 Å². The lowest BCUT2D eigenvalue weighted by atomic mass is 9.99. The van der Waals surface area contributed by atoms with Gasteiger partial charge in [0, 0.05) is 6.61 Å². The lowest BCUT2D eigenvalue weighted by Crippen LogP contribution is -2.59. The highest BCUT2D eigenvalue weighted by molar-refractivity contribution is 4.89. The van der Waals surface area contributed by atoms with Gasteiger partial charge in [0.05, 0.1) is 6.61 Å². The Hall–Kier alpha value is -0.240. The van der Waals surface area contributed by atoms with Gasteiger partial charge in [-0.25, -0.2) is 0 Å². The molecule has 0 aromatic carbocycles. The molecule has 1 rings (SSSR count). The predicted molar refractivity (Wildman–Crippen MR) is 77.7 cm³/mol. The van der Waals surface area contributed by atoms with Crippen molar-refractivity contribution in [2.45, 2.75) is 82.6 Å². The van der Waals surface area contributed by atoms with Crippen molar-refractivity contribution < 1.29 is 29.9 Å². The Bertz CT molecular complexity index is 263. The molecule has 4 N–H and O–H groups in total. The second-order valence-corrected chi connectivity index (χ2v) is 5.69. The van der Waals surface area contributed by atoms with Gasteiger partial charge in [0.1, 0.15) is 24.4 Å². The van der Waals surface area contributed by atoms with E-state index in [-0.39, 0.29) is 0 Å². The first-order valence-electron chi connectivity index (χ1n) is 8.04. The first kappa shape index (κ1) is 18.8. The van der Waals surface area contributed by atoms with Gasteiger partial charge in [-0.15, -0.1) is 0 Å². The number of aliphatic hydroxyl groups is 4. The quantitative estimate of drug-likeness (QED) is 0.440. The van der Waals surface area contributed by atoms with Gasteiger partial charge in [-0.05, 0) is 6.42 Å². The molecule has 0 spiro atoms. The number of rotatable bonds is 10. The number of unbranched alkanes of at least 4 members (excludes halogenated alkanes) is 6. The third-order valence-electron chi connectivity index (χ3n) is 3.90. The average Bonchev–Trinajstić information content (AvgIpc) is 2.48. The maximum absolute atomic E-state index is 9.88. The van der Waals surface area contributed by atoms with Crippen LogP contribution in [-0.2, 0) is 9.47 Å². The molecular weight excluding hydrogens is 276 g/mol. The van der Waals surface area contributed by atoms with E-state index < -0.39 is 37.3 Å². The lowest BCUT2D eigenvalue weighted by Gasteiger charge is -2.39. The Morgan fingerprint density at radius 3 is 2.14 bits per heavy atom. The number of hydrogen-bond donors (Lipinski definition) is 4. The van der Waals surface area contributed by atoms with E-state index in [1.54, 1.807) is 0 Å². The summed E-state index contributed by atoms with van der Waals surface area (Å²) < 4.78 is 10.5. The third kappa shape index (κ3) is 6.18. The lowest BCUT2D eigenvalue weighted by molar-refractivity contribution is -0.296. The van der Waals surface area contributed by atoms with Crippen LogP contribution in [0.4, 0.5) is 0 Å². The number of aliphatic hydroxyl groups excluding tert-OH is 4. The molecule has 6 heteroatoms. The molecule has 1 saturated heterocycles. The van der Waals surface area contributed by atoms with Crippen LogP contribution in [-0.4, -0.2) is 64.3 Å². The molecule has 1 unspecified atom stereocenters. The number of hydrogen-bond acceptors (Lipinski definition) is 6. The van der Waals surface area contributed by atoms with Crippen molar-refractivity contribution in [3.63, 3.8) is 0 Å². The van der Waals surface area contributed by atoms with E-state index in [2.05, 4.69) is 6.92 Å². The van der Waals surface area contributed by atoms with E-state index in [0.717, 1.165) is 19.3 Å². The topological polar surface area (TPSA) is 99.4 Å². The van der Waals surface area contributed by atoms with Crippen LogP contribution in [0.3, 0.4) is 0 Å². The maximum Gasteiger partial charge on any atom is 0.184 e. The number of ether oxygens (including phenoxy) is 2. The summed E-state index contributed by atoms with van der Waals surface area (Å²) in [6, 6.07) is 0. The van der Waals surface area contributed by atoms with E-state index >= 15 is 0 Å². The second kappa shape index (κ2) is 10.5. The fraction of sp³-hybridized carbons (Fsp3) is 1.00. The molecule has 126 valence electrons. The molecule has 5 atom stereocenters. The first-order valence-corrected chi connectivity index (χ1v) is 8.04. The summed E-state index contributed by atoms with van der Waals surface area (Å²) in [7, 11) is 0. The molecule has 0 aliphatic carbocycles. The SMILES string of the molecule is CCCCCCCCCO[C@H]1C(O)O[C@H](CO)[C@@H](O)[C@@H]1O. The van der Waals surface area contributed by atoms with E-state index in [4.69, 9.17) is 14.6 Å². The van der Waals surface area contributed by atoms with Crippen LogP contribution in [0.25, 0.3) is 0 Å². The van der Waals surface area contributed by atoms with Gasteiger partial charge in [-0.2, -0.15) is 0 Å². The average molecular weight is 306 g/mol. The zero-order valence-electron chi connectivity index (χ0n) is 12.9. The van der Waals surface area contributed by atoms with Gasteiger partial charge in [0.25, 0.3) is 0 Å². The molecule has 1 fully saturated rings. The van der Waals surface area contributed by atoms with Gasteiger partial charge >= 0.3 is 0 Å². The first-order chi connectivity index (χ1) is 10.1. The molecule has 0 amide bonds. The van der Waals surface area contributed by atoms with E-state index in [1.165, 1.54) is 25.7 Å². The smallest absolute Gasteiger partial charge is 0.184 e. The highest BCUT2D eigenvalue weighted by Gasteiger charge is 2.44. The minimum absolute atomic E-state index is 0.409. The molecular formula is C15H30O6. The van der Waals surface area contributed by atoms with Gasteiger partial charge in [-0.1, -0.05) is 45.4 Å². The fourth-order valence-corrected chi connectivity index (χ4v) is 2.53. The summed E-state index contributed by atoms with van der Waals surface area (Å²) in [5.41, 5.74) is 0. The zero-order chi connectivity index (χ0) is 15.7. The molecule has 0 aromatic rings. The zero-order valence-corrected chi connectivity index (χ0v) is 12.9. The fourth-order valence-electron chi connectivity index (χ4n) is 2.53.